The number of furan rings is 1. The molecular weight excluding hydrogens is 240 g/mol. The average Bonchev–Trinajstić information content (AvgIpc) is 2.80. The van der Waals surface area contributed by atoms with E-state index >= 15 is 0 Å². The normalized spacial score (nSPS) is 18.8. The number of hydrogen-bond donors (Lipinski definition) is 2. The Morgan fingerprint density at radius 3 is 2.74 bits per heavy atom. The van der Waals surface area contributed by atoms with Crippen LogP contribution in [-0.4, -0.2) is 18.0 Å². The lowest BCUT2D eigenvalue weighted by Gasteiger charge is -2.21. The summed E-state index contributed by atoms with van der Waals surface area (Å²) in [4.78, 5) is 12.0. The molecule has 0 radical (unpaired) electrons. The molecule has 1 aliphatic carbocycles. The Morgan fingerprint density at radius 2 is 2.11 bits per heavy atom. The van der Waals surface area contributed by atoms with Crippen molar-refractivity contribution in [2.75, 3.05) is 0 Å². The van der Waals surface area contributed by atoms with Crippen LogP contribution in [0, 0.1) is 0 Å². The van der Waals surface area contributed by atoms with Crippen molar-refractivity contribution in [3.63, 3.8) is 0 Å². The number of rotatable bonds is 5. The fourth-order valence-corrected chi connectivity index (χ4v) is 2.62. The van der Waals surface area contributed by atoms with Crippen molar-refractivity contribution < 1.29 is 9.21 Å². The van der Waals surface area contributed by atoms with E-state index in [0.717, 1.165) is 5.76 Å². The summed E-state index contributed by atoms with van der Waals surface area (Å²) in [5.41, 5.74) is 0. The second-order valence-corrected chi connectivity index (χ2v) is 5.37. The number of nitrogens with one attached hydrogen (secondary N) is 2. The highest BCUT2D eigenvalue weighted by Gasteiger charge is 2.18. The van der Waals surface area contributed by atoms with Crippen LogP contribution in [0.4, 0.5) is 0 Å². The van der Waals surface area contributed by atoms with E-state index in [1.807, 2.05) is 19.1 Å². The molecule has 0 spiro atoms. The lowest BCUT2D eigenvalue weighted by atomic mass is 10.1. The zero-order valence-electron chi connectivity index (χ0n) is 11.7. The summed E-state index contributed by atoms with van der Waals surface area (Å²) in [5.74, 6) is 0.829. The minimum absolute atomic E-state index is 0.0423. The minimum Gasteiger partial charge on any atom is -0.467 e. The fraction of sp³-hybridized carbons (Fsp3) is 0.667. The number of carbonyl (C=O) groups excluding carboxylic acids is 1. The SMILES string of the molecule is CC(NC1CCCCCC1)C(=O)NCc1ccco1. The predicted octanol–water partition coefficient (Wildman–Crippen LogP) is 2.60. The van der Waals surface area contributed by atoms with Gasteiger partial charge in [-0.25, -0.2) is 0 Å². The van der Waals surface area contributed by atoms with Gasteiger partial charge in [-0.1, -0.05) is 25.7 Å². The van der Waals surface area contributed by atoms with E-state index in [1.165, 1.54) is 38.5 Å². The summed E-state index contributed by atoms with van der Waals surface area (Å²) in [6, 6.07) is 4.04. The van der Waals surface area contributed by atoms with Crippen molar-refractivity contribution in [2.24, 2.45) is 0 Å². The van der Waals surface area contributed by atoms with Crippen LogP contribution in [0.3, 0.4) is 0 Å². The Balaban J connectivity index is 1.72. The van der Waals surface area contributed by atoms with E-state index in [0.29, 0.717) is 12.6 Å². The first-order valence-electron chi connectivity index (χ1n) is 7.32. The van der Waals surface area contributed by atoms with Gasteiger partial charge < -0.3 is 15.1 Å². The highest BCUT2D eigenvalue weighted by atomic mass is 16.3. The smallest absolute Gasteiger partial charge is 0.237 e. The van der Waals surface area contributed by atoms with Gasteiger partial charge in [0.25, 0.3) is 0 Å². The lowest BCUT2D eigenvalue weighted by molar-refractivity contribution is -0.123. The second-order valence-electron chi connectivity index (χ2n) is 5.37. The summed E-state index contributed by atoms with van der Waals surface area (Å²) >= 11 is 0. The quantitative estimate of drug-likeness (QED) is 0.804. The second kappa shape index (κ2) is 7.34. The van der Waals surface area contributed by atoms with Crippen LogP contribution in [0.15, 0.2) is 22.8 Å². The van der Waals surface area contributed by atoms with Crippen molar-refractivity contribution in [3.05, 3.63) is 24.2 Å². The van der Waals surface area contributed by atoms with Crippen molar-refractivity contribution in [2.45, 2.75) is 64.1 Å². The van der Waals surface area contributed by atoms with Crippen molar-refractivity contribution in [1.29, 1.82) is 0 Å². The largest absolute Gasteiger partial charge is 0.467 e. The Hall–Kier alpha value is -1.29. The monoisotopic (exact) mass is 264 g/mol. The van der Waals surface area contributed by atoms with E-state index < -0.39 is 0 Å². The summed E-state index contributed by atoms with van der Waals surface area (Å²) in [6.45, 7) is 2.39. The Labute approximate surface area is 114 Å². The van der Waals surface area contributed by atoms with E-state index in [9.17, 15) is 4.79 Å². The van der Waals surface area contributed by atoms with Gasteiger partial charge in [-0.05, 0) is 31.9 Å². The lowest BCUT2D eigenvalue weighted by Crippen LogP contribution is -2.46. The highest BCUT2D eigenvalue weighted by Crippen LogP contribution is 2.17. The minimum atomic E-state index is -0.141. The fourth-order valence-electron chi connectivity index (χ4n) is 2.62. The molecule has 0 aromatic carbocycles. The molecule has 1 aliphatic rings. The van der Waals surface area contributed by atoms with Gasteiger partial charge in [0.05, 0.1) is 18.8 Å². The van der Waals surface area contributed by atoms with Crippen LogP contribution in [0.25, 0.3) is 0 Å². The maximum atomic E-state index is 12.0. The summed E-state index contributed by atoms with van der Waals surface area (Å²) in [5, 5.41) is 6.34. The summed E-state index contributed by atoms with van der Waals surface area (Å²) in [7, 11) is 0. The highest BCUT2D eigenvalue weighted by molar-refractivity contribution is 5.81. The molecule has 1 atom stereocenters. The standard InChI is InChI=1S/C15H24N2O2/c1-12(17-13-7-4-2-3-5-8-13)15(18)16-11-14-9-6-10-19-14/h6,9-10,12-13,17H,2-5,7-8,11H2,1H3,(H,16,18). The third-order valence-electron chi connectivity index (χ3n) is 3.75. The van der Waals surface area contributed by atoms with Gasteiger partial charge in [0.15, 0.2) is 0 Å². The van der Waals surface area contributed by atoms with Gasteiger partial charge in [0, 0.05) is 6.04 Å². The van der Waals surface area contributed by atoms with Gasteiger partial charge in [-0.15, -0.1) is 0 Å². The Morgan fingerprint density at radius 1 is 1.37 bits per heavy atom. The van der Waals surface area contributed by atoms with Gasteiger partial charge in [-0.3, -0.25) is 4.79 Å². The summed E-state index contributed by atoms with van der Waals surface area (Å²) in [6.07, 6.45) is 9.21. The van der Waals surface area contributed by atoms with Crippen molar-refractivity contribution >= 4 is 5.91 Å². The molecule has 4 nitrogen and oxygen atoms in total. The van der Waals surface area contributed by atoms with E-state index in [1.54, 1.807) is 6.26 Å². The third kappa shape index (κ3) is 4.71. The van der Waals surface area contributed by atoms with Gasteiger partial charge >= 0.3 is 0 Å². The topological polar surface area (TPSA) is 54.3 Å². The van der Waals surface area contributed by atoms with Crippen LogP contribution in [0.1, 0.15) is 51.2 Å². The molecule has 1 unspecified atom stereocenters. The first kappa shape index (κ1) is 14.1. The number of amides is 1. The molecule has 4 heteroatoms. The van der Waals surface area contributed by atoms with Gasteiger partial charge in [-0.2, -0.15) is 0 Å². The molecule has 0 bridgehead atoms. The maximum absolute atomic E-state index is 12.0. The molecule has 1 aromatic heterocycles. The molecule has 1 amide bonds. The average molecular weight is 264 g/mol. The number of carbonyl (C=O) groups is 1. The van der Waals surface area contributed by atoms with Gasteiger partial charge in [0.1, 0.15) is 5.76 Å². The molecule has 2 rings (SSSR count). The Bertz CT molecular complexity index is 368. The van der Waals surface area contributed by atoms with Crippen LogP contribution in [-0.2, 0) is 11.3 Å². The summed E-state index contributed by atoms with van der Waals surface area (Å²) < 4.78 is 5.20. The molecule has 0 saturated heterocycles. The molecule has 0 aliphatic heterocycles. The zero-order chi connectivity index (χ0) is 13.5. The van der Waals surface area contributed by atoms with Crippen LogP contribution in [0.5, 0.6) is 0 Å². The van der Waals surface area contributed by atoms with E-state index in [4.69, 9.17) is 4.42 Å². The molecule has 1 fully saturated rings. The van der Waals surface area contributed by atoms with Crippen LogP contribution in [0.2, 0.25) is 0 Å². The molecule has 19 heavy (non-hydrogen) atoms. The first-order chi connectivity index (χ1) is 9.25. The molecule has 106 valence electrons. The molecule has 1 aromatic rings. The maximum Gasteiger partial charge on any atom is 0.237 e. The molecule has 1 saturated carbocycles. The molecular formula is C15H24N2O2. The molecule has 2 N–H and O–H groups in total. The Kier molecular flexibility index (Phi) is 5.45. The van der Waals surface area contributed by atoms with Crippen LogP contribution >= 0.6 is 0 Å². The zero-order valence-corrected chi connectivity index (χ0v) is 11.7. The van der Waals surface area contributed by atoms with Crippen molar-refractivity contribution in [1.82, 2.24) is 10.6 Å². The predicted molar refractivity (Wildman–Crippen MR) is 74.6 cm³/mol. The number of hydrogen-bond acceptors (Lipinski definition) is 3. The van der Waals surface area contributed by atoms with Gasteiger partial charge in [0.2, 0.25) is 5.91 Å². The van der Waals surface area contributed by atoms with Crippen LogP contribution < -0.4 is 10.6 Å². The van der Waals surface area contributed by atoms with E-state index in [-0.39, 0.29) is 11.9 Å². The molecule has 1 heterocycles. The third-order valence-corrected chi connectivity index (χ3v) is 3.75. The first-order valence-corrected chi connectivity index (χ1v) is 7.32. The van der Waals surface area contributed by atoms with E-state index in [2.05, 4.69) is 10.6 Å². The van der Waals surface area contributed by atoms with Crippen molar-refractivity contribution in [3.8, 4) is 0 Å².